The third-order valence-electron chi connectivity index (χ3n) is 11.0. The third kappa shape index (κ3) is 9.51. The Morgan fingerprint density at radius 3 is 2.45 bits per heavy atom. The highest BCUT2D eigenvalue weighted by Crippen LogP contribution is 2.42. The van der Waals surface area contributed by atoms with Gasteiger partial charge in [-0.05, 0) is 80.4 Å². The van der Waals surface area contributed by atoms with Crippen LogP contribution >= 0.6 is 0 Å². The van der Waals surface area contributed by atoms with Crippen LogP contribution in [0.1, 0.15) is 78.8 Å². The molecule has 1 saturated heterocycles. The maximum atomic E-state index is 14.7. The van der Waals surface area contributed by atoms with Crippen molar-refractivity contribution in [3.05, 3.63) is 119 Å². The summed E-state index contributed by atoms with van der Waals surface area (Å²) in [4.78, 5) is 31.4. The number of hydrogen-bond acceptors (Lipinski definition) is 6. The number of aromatic nitrogens is 1. The monoisotopic (exact) mass is 783 g/mol. The zero-order valence-electron chi connectivity index (χ0n) is 30.7. The van der Waals surface area contributed by atoms with Gasteiger partial charge in [0.1, 0.15) is 24.4 Å². The van der Waals surface area contributed by atoms with Gasteiger partial charge in [0.15, 0.2) is 5.71 Å². The SMILES string of the molecule is [NH2+]=C(C1=C(CCCC(c2ccccc2)C2C=CC=CC2)NC(=O)[C@@H](O)[C@H]1C(F)(F)F)C1CCN(c2cc(C(=O)OCC3=CCCC=C3)c(C(F)(F)F)cn2)CC1. The molecule has 0 saturated carbocycles. The van der Waals surface area contributed by atoms with E-state index in [2.05, 4.69) is 22.5 Å². The van der Waals surface area contributed by atoms with Crippen LogP contribution in [0.2, 0.25) is 0 Å². The first-order chi connectivity index (χ1) is 26.7. The maximum Gasteiger partial charge on any atom is 0.418 e. The Morgan fingerprint density at radius 1 is 1.05 bits per heavy atom. The molecule has 4 aliphatic rings. The van der Waals surface area contributed by atoms with Gasteiger partial charge in [-0.1, -0.05) is 72.9 Å². The first-order valence-electron chi connectivity index (χ1n) is 18.9. The van der Waals surface area contributed by atoms with Crippen LogP contribution in [-0.2, 0) is 15.7 Å². The second-order valence-corrected chi connectivity index (χ2v) is 14.6. The van der Waals surface area contributed by atoms with E-state index in [0.29, 0.717) is 24.6 Å². The summed E-state index contributed by atoms with van der Waals surface area (Å²) in [6, 6.07) is 10.9. The van der Waals surface area contributed by atoms with Gasteiger partial charge >= 0.3 is 18.3 Å². The first-order valence-corrected chi connectivity index (χ1v) is 18.9. The molecule has 0 spiro atoms. The van der Waals surface area contributed by atoms with Gasteiger partial charge in [-0.25, -0.2) is 9.78 Å². The first kappa shape index (κ1) is 40.7. The molecule has 4 atom stereocenters. The van der Waals surface area contributed by atoms with Crippen molar-refractivity contribution in [3.63, 3.8) is 0 Å². The fourth-order valence-corrected chi connectivity index (χ4v) is 8.06. The highest BCUT2D eigenvalue weighted by molar-refractivity contribution is 6.02. The Kier molecular flexibility index (Phi) is 12.7. The summed E-state index contributed by atoms with van der Waals surface area (Å²) in [5.41, 5.74) is -0.578. The van der Waals surface area contributed by atoms with E-state index in [4.69, 9.17) is 10.1 Å². The minimum absolute atomic E-state index is 0.0282. The molecule has 1 aromatic carbocycles. The fourth-order valence-electron chi connectivity index (χ4n) is 8.06. The molecule has 298 valence electrons. The summed E-state index contributed by atoms with van der Waals surface area (Å²) in [5.74, 6) is -5.14. The van der Waals surface area contributed by atoms with Crippen LogP contribution in [0.25, 0.3) is 0 Å². The van der Waals surface area contributed by atoms with Gasteiger partial charge in [-0.3, -0.25) is 10.2 Å². The number of pyridine rings is 1. The van der Waals surface area contributed by atoms with Crippen molar-refractivity contribution in [1.82, 2.24) is 10.3 Å². The molecule has 2 unspecified atom stereocenters. The summed E-state index contributed by atoms with van der Waals surface area (Å²) < 4.78 is 91.1. The Labute approximate surface area is 321 Å². The Hall–Kier alpha value is -4.98. The third-order valence-corrected chi connectivity index (χ3v) is 11.0. The predicted octanol–water partition coefficient (Wildman–Crippen LogP) is 6.96. The van der Waals surface area contributed by atoms with E-state index in [1.54, 1.807) is 11.0 Å². The van der Waals surface area contributed by atoms with Crippen LogP contribution in [0, 0.1) is 17.8 Å². The number of ether oxygens (including phenoxy) is 1. The lowest BCUT2D eigenvalue weighted by atomic mass is 9.76. The Balaban J connectivity index is 1.20. The molecule has 56 heavy (non-hydrogen) atoms. The minimum atomic E-state index is -4.99. The number of amides is 1. The average molecular weight is 784 g/mol. The van der Waals surface area contributed by atoms with Crippen LogP contribution in [0.3, 0.4) is 0 Å². The van der Waals surface area contributed by atoms with Crippen molar-refractivity contribution >= 4 is 23.4 Å². The van der Waals surface area contributed by atoms with E-state index in [0.717, 1.165) is 30.9 Å². The van der Waals surface area contributed by atoms with E-state index in [1.807, 2.05) is 54.6 Å². The zero-order chi connectivity index (χ0) is 40.0. The normalized spacial score (nSPS) is 22.5. The van der Waals surface area contributed by atoms with Gasteiger partial charge in [0.05, 0.1) is 16.7 Å². The number of aliphatic hydroxyl groups is 1. The number of hydrogen-bond donors (Lipinski definition) is 3. The lowest BCUT2D eigenvalue weighted by Gasteiger charge is -2.36. The molecule has 2 aliphatic heterocycles. The number of alkyl halides is 6. The number of allylic oxidation sites excluding steroid dienone is 7. The second kappa shape index (κ2) is 17.4. The number of nitrogens with one attached hydrogen (secondary N) is 1. The largest absolute Gasteiger partial charge is 0.457 e. The van der Waals surface area contributed by atoms with Gasteiger partial charge in [-0.2, -0.15) is 26.3 Å². The summed E-state index contributed by atoms with van der Waals surface area (Å²) in [6.45, 7) is 0.0954. The van der Waals surface area contributed by atoms with Crippen molar-refractivity contribution in [2.75, 3.05) is 24.6 Å². The van der Waals surface area contributed by atoms with E-state index in [-0.39, 0.29) is 73.6 Å². The maximum absolute atomic E-state index is 14.7. The van der Waals surface area contributed by atoms with Crippen molar-refractivity contribution in [3.8, 4) is 0 Å². The van der Waals surface area contributed by atoms with Crippen molar-refractivity contribution in [2.24, 2.45) is 17.8 Å². The average Bonchev–Trinajstić information content (AvgIpc) is 3.19. The van der Waals surface area contributed by atoms with Crippen LogP contribution in [-0.4, -0.2) is 59.7 Å². The van der Waals surface area contributed by atoms with Crippen molar-refractivity contribution in [1.29, 1.82) is 0 Å². The molecular formula is C42H45F6N4O4+. The molecule has 4 N–H and O–H groups in total. The van der Waals surface area contributed by atoms with Crippen LogP contribution in [0.4, 0.5) is 32.2 Å². The highest BCUT2D eigenvalue weighted by atomic mass is 19.4. The van der Waals surface area contributed by atoms with E-state index >= 15 is 0 Å². The van der Waals surface area contributed by atoms with Gasteiger partial charge in [0.25, 0.3) is 5.91 Å². The fraction of sp³-hybridized carbons (Fsp3) is 0.429. The summed E-state index contributed by atoms with van der Waals surface area (Å²) >= 11 is 0. The number of benzene rings is 1. The standard InChI is InChI=1S/C42H44F6N4O4/c43-41(44,45)32-24-50-34(23-31(32)40(55)56-25-26-11-4-1-5-12-26)52-21-19-29(20-22-52)37(49)35-33(51-39(54)38(53)36(35)42(46,47)48)18-10-17-30(27-13-6-2-7-14-27)28-15-8-3-9-16-28/h2-4,6-9,11-15,23-24,28-30,36,38,49,53H,1,5,10,16-22,25H2,(H,51,54)/p+1/t28?,30?,36-,38-/m0/s1. The van der Waals surface area contributed by atoms with Crippen LogP contribution in [0.15, 0.2) is 102 Å². The van der Waals surface area contributed by atoms with E-state index in [1.165, 1.54) is 0 Å². The number of piperidine rings is 1. The van der Waals surface area contributed by atoms with Crippen LogP contribution in [0.5, 0.6) is 0 Å². The summed E-state index contributed by atoms with van der Waals surface area (Å²) in [5, 5.41) is 19.7. The topological polar surface area (TPSA) is 117 Å². The lowest BCUT2D eigenvalue weighted by molar-refractivity contribution is -0.194. The number of rotatable bonds is 12. The molecule has 0 radical (unpaired) electrons. The zero-order valence-corrected chi connectivity index (χ0v) is 30.7. The molecule has 6 rings (SSSR count). The lowest BCUT2D eigenvalue weighted by Crippen LogP contribution is -2.58. The molecule has 1 fully saturated rings. The Morgan fingerprint density at radius 2 is 1.80 bits per heavy atom. The smallest absolute Gasteiger partial charge is 0.418 e. The van der Waals surface area contributed by atoms with Crippen molar-refractivity contribution in [2.45, 2.75) is 75.7 Å². The quantitative estimate of drug-likeness (QED) is 0.122. The molecular weight excluding hydrogens is 738 g/mol. The highest BCUT2D eigenvalue weighted by Gasteiger charge is 2.55. The molecule has 1 amide bonds. The molecule has 2 aromatic rings. The Bertz CT molecular complexity index is 1930. The number of carbonyl (C=O) groups excluding carboxylic acids is 2. The van der Waals surface area contributed by atoms with Crippen LogP contribution < -0.4 is 15.6 Å². The number of nitrogens with zero attached hydrogens (tertiary/aromatic N) is 2. The van der Waals surface area contributed by atoms with Gasteiger partial charge in [-0.15, -0.1) is 0 Å². The van der Waals surface area contributed by atoms with Gasteiger partial charge in [0.2, 0.25) is 0 Å². The number of halogens is 6. The molecule has 0 bridgehead atoms. The van der Waals surface area contributed by atoms with E-state index < -0.39 is 53.3 Å². The number of esters is 1. The van der Waals surface area contributed by atoms with Gasteiger partial charge in [0, 0.05) is 30.9 Å². The summed E-state index contributed by atoms with van der Waals surface area (Å²) in [7, 11) is 0. The molecule has 3 heterocycles. The van der Waals surface area contributed by atoms with Gasteiger partial charge < -0.3 is 20.1 Å². The number of carbonyl (C=O) groups is 2. The number of aliphatic hydroxyl groups excluding tert-OH is 1. The second-order valence-electron chi connectivity index (χ2n) is 14.6. The van der Waals surface area contributed by atoms with Crippen molar-refractivity contribution < 1.29 is 51.2 Å². The number of anilines is 1. The summed E-state index contributed by atoms with van der Waals surface area (Å²) in [6.07, 6.45) is 5.80. The molecule has 2 aliphatic carbocycles. The van der Waals surface area contributed by atoms with E-state index in [9.17, 15) is 41.0 Å². The minimum Gasteiger partial charge on any atom is -0.457 e. The number of nitrogens with two attached hydrogens (primary N) is 1. The predicted molar refractivity (Wildman–Crippen MR) is 198 cm³/mol. The molecule has 8 nitrogen and oxygen atoms in total. The molecule has 1 aromatic heterocycles. The molecule has 14 heteroatoms.